The van der Waals surface area contributed by atoms with E-state index in [-0.39, 0.29) is 23.3 Å². The van der Waals surface area contributed by atoms with Gasteiger partial charge in [-0.3, -0.25) is 5.43 Å². The molecule has 2 saturated heterocycles. The Labute approximate surface area is 301 Å². The maximum absolute atomic E-state index is 12.8. The number of piperazine rings is 1. The second kappa shape index (κ2) is 15.0. The molecular weight excluding hydrogens is 676 g/mol. The van der Waals surface area contributed by atoms with E-state index in [4.69, 9.17) is 25.8 Å². The van der Waals surface area contributed by atoms with Gasteiger partial charge in [0.1, 0.15) is 31.1 Å². The van der Waals surface area contributed by atoms with Crippen molar-refractivity contribution in [2.24, 2.45) is 5.10 Å². The van der Waals surface area contributed by atoms with Gasteiger partial charge in [-0.2, -0.15) is 10.2 Å². The van der Waals surface area contributed by atoms with E-state index >= 15 is 0 Å². The van der Waals surface area contributed by atoms with Crippen molar-refractivity contribution in [2.45, 2.75) is 43.7 Å². The Morgan fingerprint density at radius 1 is 0.980 bits per heavy atom. The Morgan fingerprint density at radius 3 is 2.24 bits per heavy atom. The van der Waals surface area contributed by atoms with E-state index < -0.39 is 5.79 Å². The number of rotatable bonds is 12. The molecule has 264 valence electrons. The van der Waals surface area contributed by atoms with Crippen LogP contribution in [0, 0.1) is 0 Å². The molecule has 4 aromatic rings. The molecule has 7 rings (SSSR count). The molecule has 0 aliphatic carbocycles. The number of thioether (sulfide) groups is 1. The van der Waals surface area contributed by atoms with Crippen molar-refractivity contribution in [3.63, 3.8) is 0 Å². The molecule has 0 saturated carbocycles. The third kappa shape index (κ3) is 7.32. The lowest BCUT2D eigenvalue weighted by molar-refractivity contribution is -0.160. The maximum atomic E-state index is 12.8. The van der Waals surface area contributed by atoms with E-state index in [1.165, 1.54) is 5.69 Å². The molecule has 1 N–H and O–H groups in total. The summed E-state index contributed by atoms with van der Waals surface area (Å²) >= 11 is 7.85. The van der Waals surface area contributed by atoms with Crippen LogP contribution in [-0.4, -0.2) is 89.4 Å². The second-order valence-electron chi connectivity index (χ2n) is 12.8. The molecule has 0 radical (unpaired) electrons. The number of nitrogens with one attached hydrogen (secondary N) is 1. The summed E-state index contributed by atoms with van der Waals surface area (Å²) < 4.78 is 22.3. The average Bonchev–Trinajstić information content (AvgIpc) is 3.88. The molecule has 0 amide bonds. The molecule has 4 heterocycles. The van der Waals surface area contributed by atoms with Crippen LogP contribution in [0.15, 0.2) is 89.0 Å². The Bertz CT molecular complexity index is 1810. The Balaban J connectivity index is 0.906. The molecule has 0 spiro atoms. The predicted molar refractivity (Wildman–Crippen MR) is 199 cm³/mol. The lowest BCUT2D eigenvalue weighted by Gasteiger charge is -2.37. The van der Waals surface area contributed by atoms with Gasteiger partial charge in [-0.25, -0.2) is 14.0 Å². The number of hydrogen-bond acceptors (Lipinski definition) is 11. The third-order valence-corrected chi connectivity index (χ3v) is 11.0. The third-order valence-electron chi connectivity index (χ3n) is 9.48. The molecule has 3 aliphatic heterocycles. The number of halogens is 1. The zero-order chi connectivity index (χ0) is 34.7. The summed E-state index contributed by atoms with van der Waals surface area (Å²) in [5, 5.41) is 9.11. The van der Waals surface area contributed by atoms with Gasteiger partial charge in [0.15, 0.2) is 5.50 Å². The molecular formula is C36H43ClN8O4S. The molecule has 1 aromatic heterocycles. The van der Waals surface area contributed by atoms with Crippen LogP contribution in [0.3, 0.4) is 0 Å². The van der Waals surface area contributed by atoms with E-state index in [1.54, 1.807) is 33.7 Å². The summed E-state index contributed by atoms with van der Waals surface area (Å²) in [5.41, 5.74) is 7.04. The summed E-state index contributed by atoms with van der Waals surface area (Å²) in [6.45, 7) is 8.45. The second-order valence-corrected chi connectivity index (χ2v) is 14.3. The largest absolute Gasteiger partial charge is 0.491 e. The minimum Gasteiger partial charge on any atom is -0.491 e. The zero-order valence-corrected chi connectivity index (χ0v) is 30.1. The Morgan fingerprint density at radius 2 is 1.62 bits per heavy atom. The van der Waals surface area contributed by atoms with Crippen molar-refractivity contribution in [3.8, 4) is 11.4 Å². The quantitative estimate of drug-likeness (QED) is 0.212. The fourth-order valence-electron chi connectivity index (χ4n) is 6.30. The van der Waals surface area contributed by atoms with Crippen LogP contribution in [0.2, 0.25) is 5.02 Å². The van der Waals surface area contributed by atoms with Gasteiger partial charge in [0, 0.05) is 55.2 Å². The van der Waals surface area contributed by atoms with Crippen molar-refractivity contribution in [1.82, 2.24) is 24.7 Å². The predicted octanol–water partition coefficient (Wildman–Crippen LogP) is 5.13. The highest BCUT2D eigenvalue weighted by atomic mass is 35.5. The Hall–Kier alpha value is -4.17. The molecule has 0 bridgehead atoms. The van der Waals surface area contributed by atoms with Crippen molar-refractivity contribution >= 4 is 41.1 Å². The van der Waals surface area contributed by atoms with E-state index in [1.807, 2.05) is 67.4 Å². The molecule has 4 atom stereocenters. The lowest BCUT2D eigenvalue weighted by Crippen LogP contribution is -2.46. The molecule has 2 fully saturated rings. The van der Waals surface area contributed by atoms with Crippen LogP contribution in [0.4, 0.5) is 11.4 Å². The van der Waals surface area contributed by atoms with Gasteiger partial charge in [-0.1, -0.05) is 30.7 Å². The first-order valence-electron chi connectivity index (χ1n) is 17.0. The van der Waals surface area contributed by atoms with Crippen LogP contribution < -0.4 is 25.7 Å². The van der Waals surface area contributed by atoms with E-state index in [0.29, 0.717) is 24.0 Å². The zero-order valence-electron chi connectivity index (χ0n) is 28.5. The number of hydrogen-bond donors (Lipinski definition) is 1. The van der Waals surface area contributed by atoms with Gasteiger partial charge in [0.2, 0.25) is 5.79 Å². The van der Waals surface area contributed by atoms with Crippen molar-refractivity contribution in [1.29, 1.82) is 0 Å². The van der Waals surface area contributed by atoms with Crippen LogP contribution in [-0.2, 0) is 15.3 Å². The normalized spacial score (nSPS) is 22.6. The fourth-order valence-corrected chi connectivity index (χ4v) is 7.55. The molecule has 14 heteroatoms. The van der Waals surface area contributed by atoms with Gasteiger partial charge >= 0.3 is 5.69 Å². The van der Waals surface area contributed by atoms with Crippen molar-refractivity contribution in [3.05, 3.63) is 100 Å². The first-order chi connectivity index (χ1) is 24.3. The first-order valence-corrected chi connectivity index (χ1v) is 18.4. The summed E-state index contributed by atoms with van der Waals surface area (Å²) in [6, 6.07) is 24.1. The van der Waals surface area contributed by atoms with Crippen molar-refractivity contribution in [2.75, 3.05) is 62.0 Å². The Kier molecular flexibility index (Phi) is 10.3. The first kappa shape index (κ1) is 34.3. The number of hydrazone groups is 1. The van der Waals surface area contributed by atoms with E-state index in [0.717, 1.165) is 55.3 Å². The minimum absolute atomic E-state index is 0.000275. The highest BCUT2D eigenvalue weighted by Crippen LogP contribution is 2.39. The van der Waals surface area contributed by atoms with Gasteiger partial charge in [0.05, 0.1) is 24.1 Å². The smallest absolute Gasteiger partial charge is 0.350 e. The van der Waals surface area contributed by atoms with Crippen LogP contribution in [0.1, 0.15) is 31.9 Å². The number of anilines is 2. The molecule has 3 aromatic carbocycles. The summed E-state index contributed by atoms with van der Waals surface area (Å²) in [4.78, 5) is 19.6. The summed E-state index contributed by atoms with van der Waals surface area (Å²) in [5.74, 6) is 0.437. The number of benzene rings is 3. The van der Waals surface area contributed by atoms with Gasteiger partial charge < -0.3 is 28.9 Å². The maximum Gasteiger partial charge on any atom is 0.350 e. The SMILES string of the molecule is CC[C@@H](C)n1ncn(-c2ccc(N3CCN(c4ccc(OC[C@@H]5CO[C@@](CSC6NN=CN6C)(c6ccc(Cl)cc6)O5)cc4)CC3)cc2)c1=O. The lowest BCUT2D eigenvalue weighted by atomic mass is 10.1. The molecule has 3 aliphatic rings. The molecule has 50 heavy (non-hydrogen) atoms. The topological polar surface area (TPSA) is 102 Å². The summed E-state index contributed by atoms with van der Waals surface area (Å²) in [7, 11) is 1.98. The van der Waals surface area contributed by atoms with Gasteiger partial charge in [-0.15, -0.1) is 11.8 Å². The average molecular weight is 719 g/mol. The van der Waals surface area contributed by atoms with Gasteiger partial charge in [0.25, 0.3) is 0 Å². The number of aromatic nitrogens is 3. The molecule has 1 unspecified atom stereocenters. The van der Waals surface area contributed by atoms with E-state index in [2.05, 4.69) is 56.6 Å². The van der Waals surface area contributed by atoms with Crippen molar-refractivity contribution < 1.29 is 14.2 Å². The van der Waals surface area contributed by atoms with Gasteiger partial charge in [-0.05, 0) is 74.0 Å². The minimum atomic E-state index is -0.917. The number of ether oxygens (including phenoxy) is 3. The number of nitrogens with zero attached hydrogens (tertiary/aromatic N) is 7. The highest BCUT2D eigenvalue weighted by Gasteiger charge is 2.44. The van der Waals surface area contributed by atoms with Crippen LogP contribution in [0.25, 0.3) is 5.69 Å². The monoisotopic (exact) mass is 718 g/mol. The summed E-state index contributed by atoms with van der Waals surface area (Å²) in [6.07, 6.45) is 3.99. The van der Waals surface area contributed by atoms with Crippen LogP contribution in [0.5, 0.6) is 5.75 Å². The van der Waals surface area contributed by atoms with Crippen LogP contribution >= 0.6 is 23.4 Å². The molecule has 12 nitrogen and oxygen atoms in total. The fraction of sp³-hybridized carbons (Fsp3) is 0.417. The van der Waals surface area contributed by atoms with E-state index in [9.17, 15) is 4.79 Å². The highest BCUT2D eigenvalue weighted by molar-refractivity contribution is 7.99. The standard InChI is InChI=1S/C36H43ClN8O4S/c1-4-26(2)45-35(46)44(25-39-45)31-11-9-29(10-12-31)42-17-19-43(20-18-42)30-13-15-32(16-14-30)47-21-33-22-48-36(49-33,27-5-7-28(37)8-6-27)23-50-34-40-38-24-41(34)3/h5-16,24-26,33-34,40H,4,17-23H2,1-3H3/t26-,33-,34?,36-/m1/s1.